The number of carbonyl (C=O) groups is 2. The molecule has 3 N–H and O–H groups in total. The van der Waals surface area contributed by atoms with E-state index < -0.39 is 12.1 Å². The molecule has 0 aromatic rings. The van der Waals surface area contributed by atoms with E-state index in [0.717, 1.165) is 64.2 Å². The van der Waals surface area contributed by atoms with Crippen molar-refractivity contribution in [1.82, 2.24) is 5.32 Å². The van der Waals surface area contributed by atoms with Crippen LogP contribution in [0, 0.1) is 0 Å². The number of rotatable bonds is 50. The highest BCUT2D eigenvalue weighted by Crippen LogP contribution is 2.16. The average molecular weight is 860 g/mol. The summed E-state index contributed by atoms with van der Waals surface area (Å²) in [6, 6.07) is -0.553. The normalized spacial score (nSPS) is 12.8. The Bertz CT molecular complexity index is 951. The Morgan fingerprint density at radius 3 is 1.26 bits per heavy atom. The second kappa shape index (κ2) is 51.0. The lowest BCUT2D eigenvalue weighted by molar-refractivity contribution is -0.143. The third-order valence-electron chi connectivity index (χ3n) is 12.5. The minimum atomic E-state index is -0.674. The first-order chi connectivity index (χ1) is 30.0. The molecule has 0 aromatic heterocycles. The van der Waals surface area contributed by atoms with Gasteiger partial charge in [-0.1, -0.05) is 244 Å². The van der Waals surface area contributed by atoms with E-state index in [1.54, 1.807) is 0 Å². The van der Waals surface area contributed by atoms with Gasteiger partial charge in [0.2, 0.25) is 5.91 Å². The monoisotopic (exact) mass is 860 g/mol. The molecule has 0 bridgehead atoms. The first-order valence-electron chi connectivity index (χ1n) is 27.1. The Labute approximate surface area is 380 Å². The van der Waals surface area contributed by atoms with E-state index in [9.17, 15) is 19.8 Å². The van der Waals surface area contributed by atoms with Gasteiger partial charge in [0.15, 0.2) is 0 Å². The third kappa shape index (κ3) is 47.7. The zero-order valence-corrected chi connectivity index (χ0v) is 40.9. The smallest absolute Gasteiger partial charge is 0.305 e. The number of aliphatic hydroxyl groups excluding tert-OH is 2. The molecule has 0 heterocycles. The molecule has 0 saturated heterocycles. The van der Waals surface area contributed by atoms with Gasteiger partial charge in [-0.25, -0.2) is 0 Å². The van der Waals surface area contributed by atoms with E-state index in [1.165, 1.54) is 193 Å². The minimum absolute atomic E-state index is 0.0164. The van der Waals surface area contributed by atoms with Crippen molar-refractivity contribution in [2.75, 3.05) is 13.2 Å². The molecule has 1 amide bonds. The summed E-state index contributed by atoms with van der Waals surface area (Å²) in [5.41, 5.74) is 0. The summed E-state index contributed by atoms with van der Waals surface area (Å²) in [7, 11) is 0. The predicted octanol–water partition coefficient (Wildman–Crippen LogP) is 16.3. The number of allylic oxidation sites excluding steroid dienone is 4. The van der Waals surface area contributed by atoms with Gasteiger partial charge in [0.05, 0.1) is 25.4 Å². The molecular weight excluding hydrogens is 755 g/mol. The Hall–Kier alpha value is -1.66. The second-order valence-electron chi connectivity index (χ2n) is 18.6. The lowest BCUT2D eigenvalue weighted by atomic mass is 10.0. The van der Waals surface area contributed by atoms with Crippen LogP contribution in [-0.2, 0) is 14.3 Å². The average Bonchev–Trinajstić information content (AvgIpc) is 3.26. The topological polar surface area (TPSA) is 95.9 Å². The summed E-state index contributed by atoms with van der Waals surface area (Å²) in [4.78, 5) is 24.5. The Kier molecular flexibility index (Phi) is 49.6. The van der Waals surface area contributed by atoms with Gasteiger partial charge >= 0.3 is 5.97 Å². The zero-order chi connectivity index (χ0) is 44.4. The minimum Gasteiger partial charge on any atom is -0.466 e. The number of nitrogens with one attached hydrogen (secondary N) is 1. The maximum Gasteiger partial charge on any atom is 0.305 e. The zero-order valence-electron chi connectivity index (χ0n) is 40.9. The van der Waals surface area contributed by atoms with E-state index in [-0.39, 0.29) is 18.5 Å². The molecule has 2 atom stereocenters. The van der Waals surface area contributed by atoms with E-state index >= 15 is 0 Å². The summed E-state index contributed by atoms with van der Waals surface area (Å²) >= 11 is 0. The number of ether oxygens (including phenoxy) is 1. The maximum absolute atomic E-state index is 12.4. The molecule has 61 heavy (non-hydrogen) atoms. The number of hydrogen-bond acceptors (Lipinski definition) is 5. The first kappa shape index (κ1) is 59.3. The van der Waals surface area contributed by atoms with Crippen LogP contribution in [-0.4, -0.2) is 47.4 Å². The maximum atomic E-state index is 12.4. The van der Waals surface area contributed by atoms with Gasteiger partial charge in [0.1, 0.15) is 0 Å². The lowest BCUT2D eigenvalue weighted by Gasteiger charge is -2.22. The van der Waals surface area contributed by atoms with Crippen molar-refractivity contribution >= 4 is 11.9 Å². The number of carbonyl (C=O) groups excluding carboxylic acids is 2. The highest BCUT2D eigenvalue weighted by atomic mass is 16.5. The van der Waals surface area contributed by atoms with Crippen LogP contribution in [0.1, 0.15) is 290 Å². The van der Waals surface area contributed by atoms with Gasteiger partial charge in [0, 0.05) is 12.8 Å². The van der Waals surface area contributed by atoms with Crippen molar-refractivity contribution < 1.29 is 24.5 Å². The first-order valence-corrected chi connectivity index (χ1v) is 27.1. The van der Waals surface area contributed by atoms with Crippen molar-refractivity contribution in [1.29, 1.82) is 0 Å². The Morgan fingerprint density at radius 1 is 0.459 bits per heavy atom. The van der Waals surface area contributed by atoms with Crippen LogP contribution >= 0.6 is 0 Å². The standard InChI is InChI=1S/C55H105NO5/c1-3-5-7-9-11-13-15-17-19-20-21-22-24-29-33-37-41-45-49-55(60)61-50-46-42-38-34-30-26-25-28-32-36-40-44-48-54(59)56-52(51-57)53(58)47-43-39-35-31-27-23-18-16-14-12-10-8-6-4-2/h13,15,19-20,52-53,57-58H,3-12,14,16-18,21-51H2,1-2H3,(H,56,59)/b15-13-,20-19-. The van der Waals surface area contributed by atoms with Gasteiger partial charge in [-0.2, -0.15) is 0 Å². The fraction of sp³-hybridized carbons (Fsp3) is 0.891. The van der Waals surface area contributed by atoms with Crippen molar-refractivity contribution in [2.24, 2.45) is 0 Å². The molecule has 0 aliphatic carbocycles. The lowest BCUT2D eigenvalue weighted by Crippen LogP contribution is -2.45. The largest absolute Gasteiger partial charge is 0.466 e. The van der Waals surface area contributed by atoms with E-state index in [1.807, 2.05) is 0 Å². The molecule has 0 fully saturated rings. The van der Waals surface area contributed by atoms with Crippen LogP contribution in [0.15, 0.2) is 24.3 Å². The van der Waals surface area contributed by atoms with Crippen LogP contribution in [0.5, 0.6) is 0 Å². The van der Waals surface area contributed by atoms with Gasteiger partial charge < -0.3 is 20.3 Å². The van der Waals surface area contributed by atoms with Crippen molar-refractivity contribution in [3.8, 4) is 0 Å². The fourth-order valence-corrected chi connectivity index (χ4v) is 8.32. The highest BCUT2D eigenvalue weighted by Gasteiger charge is 2.20. The molecule has 0 aliphatic heterocycles. The number of hydrogen-bond donors (Lipinski definition) is 3. The molecule has 2 unspecified atom stereocenters. The van der Waals surface area contributed by atoms with Crippen LogP contribution in [0.2, 0.25) is 0 Å². The van der Waals surface area contributed by atoms with E-state index in [0.29, 0.717) is 25.9 Å². The molecule has 0 rings (SSSR count). The van der Waals surface area contributed by atoms with Crippen LogP contribution in [0.4, 0.5) is 0 Å². The SMILES string of the molecule is CCCCCC/C=C\C/C=C\CCCCCCCCCC(=O)OCCCCCCCCCCCCCCC(=O)NC(CO)C(O)CCCCCCCCCCCCCCCC. The van der Waals surface area contributed by atoms with Crippen LogP contribution in [0.3, 0.4) is 0 Å². The number of esters is 1. The Morgan fingerprint density at radius 2 is 0.820 bits per heavy atom. The Balaban J connectivity index is 3.45. The summed E-state index contributed by atoms with van der Waals surface area (Å²) in [5.74, 6) is -0.0668. The number of amides is 1. The molecule has 0 spiro atoms. The predicted molar refractivity (Wildman–Crippen MR) is 264 cm³/mol. The number of aliphatic hydroxyl groups is 2. The molecule has 6 nitrogen and oxygen atoms in total. The van der Waals surface area contributed by atoms with E-state index in [2.05, 4.69) is 43.5 Å². The molecule has 360 valence electrons. The van der Waals surface area contributed by atoms with E-state index in [4.69, 9.17) is 4.74 Å². The van der Waals surface area contributed by atoms with Crippen LogP contribution < -0.4 is 5.32 Å². The number of unbranched alkanes of at least 4 members (excludes halogenated alkanes) is 35. The molecule has 0 aliphatic rings. The van der Waals surface area contributed by atoms with Gasteiger partial charge in [-0.3, -0.25) is 9.59 Å². The van der Waals surface area contributed by atoms with Crippen molar-refractivity contribution in [2.45, 2.75) is 302 Å². The van der Waals surface area contributed by atoms with Gasteiger partial charge in [-0.05, 0) is 57.8 Å². The second-order valence-corrected chi connectivity index (χ2v) is 18.6. The fourth-order valence-electron chi connectivity index (χ4n) is 8.32. The molecule has 6 heteroatoms. The quantitative estimate of drug-likeness (QED) is 0.0322. The van der Waals surface area contributed by atoms with Gasteiger partial charge in [-0.15, -0.1) is 0 Å². The highest BCUT2D eigenvalue weighted by molar-refractivity contribution is 5.76. The summed E-state index contributed by atoms with van der Waals surface area (Å²) in [5, 5.41) is 23.2. The van der Waals surface area contributed by atoms with Gasteiger partial charge in [0.25, 0.3) is 0 Å². The molecule has 0 radical (unpaired) electrons. The molecular formula is C55H105NO5. The molecule has 0 aromatic carbocycles. The summed E-state index contributed by atoms with van der Waals surface area (Å²) < 4.78 is 5.47. The van der Waals surface area contributed by atoms with Crippen molar-refractivity contribution in [3.63, 3.8) is 0 Å². The molecule has 0 saturated carbocycles. The summed E-state index contributed by atoms with van der Waals surface area (Å²) in [6.07, 6.45) is 60.0. The third-order valence-corrected chi connectivity index (χ3v) is 12.5. The van der Waals surface area contributed by atoms with Crippen molar-refractivity contribution in [3.05, 3.63) is 24.3 Å². The van der Waals surface area contributed by atoms with Crippen LogP contribution in [0.25, 0.3) is 0 Å². The summed E-state index contributed by atoms with van der Waals surface area (Å²) in [6.45, 7) is 4.90.